The van der Waals surface area contributed by atoms with Gasteiger partial charge in [-0.15, -0.1) is 0 Å². The van der Waals surface area contributed by atoms with Crippen LogP contribution in [0.25, 0.3) is 10.9 Å². The van der Waals surface area contributed by atoms with Gasteiger partial charge in [0.25, 0.3) is 0 Å². The van der Waals surface area contributed by atoms with E-state index in [4.69, 9.17) is 17.3 Å². The number of nitrogens with zero attached hydrogens (tertiary/aromatic N) is 2. The maximum Gasteiger partial charge on any atom is 0.224 e. The van der Waals surface area contributed by atoms with Crippen LogP contribution in [0.2, 0.25) is 5.02 Å². The number of amides is 1. The highest BCUT2D eigenvalue weighted by Gasteiger charge is 2.61. The van der Waals surface area contributed by atoms with Crippen LogP contribution in [-0.4, -0.2) is 22.4 Å². The normalized spacial score (nSPS) is 21.9. The molecule has 1 aliphatic carbocycles. The highest BCUT2D eigenvalue weighted by Crippen LogP contribution is 2.55. The Kier molecular flexibility index (Phi) is 3.86. The van der Waals surface area contributed by atoms with Crippen molar-refractivity contribution in [3.63, 3.8) is 0 Å². The summed E-state index contributed by atoms with van der Waals surface area (Å²) in [4.78, 5) is 20.1. The van der Waals surface area contributed by atoms with E-state index in [9.17, 15) is 9.18 Å². The predicted octanol–water partition coefficient (Wildman–Crippen LogP) is 3.24. The van der Waals surface area contributed by atoms with Crippen LogP contribution in [0.1, 0.15) is 12.0 Å². The molecule has 1 amide bonds. The molecule has 8 heteroatoms. The number of hydrogen-bond acceptors (Lipinski definition) is 5. The quantitative estimate of drug-likeness (QED) is 0.448. The topological polar surface area (TPSA) is 92.9 Å². The highest BCUT2D eigenvalue weighted by molar-refractivity contribution is 6.31. The summed E-state index contributed by atoms with van der Waals surface area (Å²) in [6.45, 7) is 0.582. The average molecular weight is 408 g/mol. The van der Waals surface area contributed by atoms with Gasteiger partial charge in [-0.05, 0) is 30.7 Å². The number of rotatable bonds is 2. The Balaban J connectivity index is 1.51. The molecule has 1 saturated heterocycles. The van der Waals surface area contributed by atoms with E-state index in [1.54, 1.807) is 24.3 Å². The molecule has 1 aromatic heterocycles. The molecule has 1 saturated carbocycles. The fraction of sp³-hybridized carbons (Fsp3) is 0.190. The van der Waals surface area contributed by atoms with Crippen molar-refractivity contribution in [1.82, 2.24) is 15.3 Å². The first kappa shape index (κ1) is 17.7. The van der Waals surface area contributed by atoms with Crippen molar-refractivity contribution in [1.29, 1.82) is 0 Å². The van der Waals surface area contributed by atoms with E-state index in [1.807, 2.05) is 0 Å². The minimum absolute atomic E-state index is 0.0117. The van der Waals surface area contributed by atoms with E-state index in [-0.39, 0.29) is 28.0 Å². The highest BCUT2D eigenvalue weighted by atomic mass is 35.5. The average Bonchev–Trinajstić information content (AvgIpc) is 3.35. The largest absolute Gasteiger partial charge is 0.398 e. The second kappa shape index (κ2) is 6.33. The maximum atomic E-state index is 14.2. The Labute approximate surface area is 170 Å². The third-order valence-corrected chi connectivity index (χ3v) is 5.72. The summed E-state index contributed by atoms with van der Waals surface area (Å²) in [6.07, 6.45) is 2.18. The summed E-state index contributed by atoms with van der Waals surface area (Å²) >= 11 is 5.85. The minimum Gasteiger partial charge on any atom is -0.398 e. The van der Waals surface area contributed by atoms with Gasteiger partial charge in [-0.25, -0.2) is 14.4 Å². The number of aromatic nitrogens is 2. The summed E-state index contributed by atoms with van der Waals surface area (Å²) in [5.41, 5.74) is 7.86. The SMILES string of the molecule is Nc1cc2c(Nc3cccc(Cl)c3F)ncnc2cc1C#C[C@]12CNC(=O)[C@H]1C2. The van der Waals surface area contributed by atoms with Crippen molar-refractivity contribution >= 4 is 45.6 Å². The molecule has 0 radical (unpaired) electrons. The zero-order valence-corrected chi connectivity index (χ0v) is 15.8. The van der Waals surface area contributed by atoms with Crippen molar-refractivity contribution in [3.8, 4) is 11.8 Å². The van der Waals surface area contributed by atoms with E-state index in [2.05, 4.69) is 32.4 Å². The molecular formula is C21H15ClFN5O. The number of piperidine rings is 1. The number of fused-ring (bicyclic) bond motifs is 2. The minimum atomic E-state index is -0.561. The van der Waals surface area contributed by atoms with Gasteiger partial charge in [0.1, 0.15) is 12.1 Å². The van der Waals surface area contributed by atoms with Crippen LogP contribution in [0.3, 0.4) is 0 Å². The van der Waals surface area contributed by atoms with Gasteiger partial charge in [0, 0.05) is 23.2 Å². The lowest BCUT2D eigenvalue weighted by molar-refractivity contribution is -0.120. The second-order valence-electron chi connectivity index (χ2n) is 7.29. The van der Waals surface area contributed by atoms with Crippen LogP contribution in [0.15, 0.2) is 36.7 Å². The number of nitrogens with two attached hydrogens (primary N) is 1. The molecule has 6 nitrogen and oxygen atoms in total. The molecule has 2 aromatic carbocycles. The van der Waals surface area contributed by atoms with E-state index < -0.39 is 5.82 Å². The number of halogens is 2. The molecule has 1 aliphatic heterocycles. The molecule has 0 unspecified atom stereocenters. The number of carbonyl (C=O) groups excluding carboxylic acids is 1. The lowest BCUT2D eigenvalue weighted by Gasteiger charge is -2.11. The summed E-state index contributed by atoms with van der Waals surface area (Å²) in [6, 6.07) is 8.18. The molecule has 144 valence electrons. The van der Waals surface area contributed by atoms with E-state index in [0.717, 1.165) is 6.42 Å². The summed E-state index contributed by atoms with van der Waals surface area (Å²) < 4.78 is 14.2. The number of benzene rings is 2. The molecule has 29 heavy (non-hydrogen) atoms. The van der Waals surface area contributed by atoms with Crippen molar-refractivity contribution in [2.75, 3.05) is 17.6 Å². The summed E-state index contributed by atoms with van der Waals surface area (Å²) in [7, 11) is 0. The van der Waals surface area contributed by atoms with Crippen LogP contribution in [0, 0.1) is 29.0 Å². The molecule has 2 atom stereocenters. The standard InChI is InChI=1S/C21H15ClFN5O/c22-14-2-1-3-16(18(14)23)28-19-12-7-15(24)11(6-17(12)26-10-27-19)4-5-21-8-13(21)20(29)25-9-21/h1-3,6-7,10,13H,8-9,24H2,(H,25,29)(H,26,27,28)/t13-,21+/m1/s1. The van der Waals surface area contributed by atoms with E-state index in [0.29, 0.717) is 34.5 Å². The number of nitrogens with one attached hydrogen (secondary N) is 2. The van der Waals surface area contributed by atoms with Crippen LogP contribution < -0.4 is 16.4 Å². The van der Waals surface area contributed by atoms with Crippen molar-refractivity contribution in [2.45, 2.75) is 6.42 Å². The van der Waals surface area contributed by atoms with Gasteiger partial charge in [0.2, 0.25) is 5.91 Å². The van der Waals surface area contributed by atoms with Crippen LogP contribution in [0.5, 0.6) is 0 Å². The van der Waals surface area contributed by atoms with Crippen LogP contribution in [-0.2, 0) is 4.79 Å². The Morgan fingerprint density at radius 3 is 2.97 bits per heavy atom. The summed E-state index contributed by atoms with van der Waals surface area (Å²) in [5, 5.41) is 6.44. The van der Waals surface area contributed by atoms with E-state index >= 15 is 0 Å². The lowest BCUT2D eigenvalue weighted by atomic mass is 10.0. The first-order valence-electron chi connectivity index (χ1n) is 9.03. The van der Waals surface area contributed by atoms with Crippen molar-refractivity contribution < 1.29 is 9.18 Å². The van der Waals surface area contributed by atoms with Crippen LogP contribution >= 0.6 is 11.6 Å². The fourth-order valence-corrected chi connectivity index (χ4v) is 3.82. The molecule has 2 heterocycles. The van der Waals surface area contributed by atoms with Crippen molar-refractivity contribution in [2.24, 2.45) is 11.3 Å². The molecule has 0 spiro atoms. The summed E-state index contributed by atoms with van der Waals surface area (Å²) in [5.74, 6) is 6.24. The Bertz CT molecular complexity index is 1250. The molecule has 3 aromatic rings. The number of nitrogen functional groups attached to an aromatic ring is 1. The molecule has 5 rings (SSSR count). The third kappa shape index (κ3) is 2.93. The Morgan fingerprint density at radius 1 is 1.34 bits per heavy atom. The van der Waals surface area contributed by atoms with E-state index in [1.165, 1.54) is 12.4 Å². The monoisotopic (exact) mass is 407 g/mol. The number of anilines is 3. The first-order chi connectivity index (χ1) is 14.0. The smallest absolute Gasteiger partial charge is 0.224 e. The number of carbonyl (C=O) groups is 1. The fourth-order valence-electron chi connectivity index (χ4n) is 3.64. The molecular weight excluding hydrogens is 393 g/mol. The lowest BCUT2D eigenvalue weighted by Crippen LogP contribution is -2.20. The Morgan fingerprint density at radius 2 is 2.21 bits per heavy atom. The zero-order valence-electron chi connectivity index (χ0n) is 15.1. The predicted molar refractivity (Wildman–Crippen MR) is 109 cm³/mol. The first-order valence-corrected chi connectivity index (χ1v) is 9.41. The van der Waals surface area contributed by atoms with Gasteiger partial charge in [-0.2, -0.15) is 0 Å². The molecule has 2 aliphatic rings. The van der Waals surface area contributed by atoms with Gasteiger partial charge in [0.05, 0.1) is 27.6 Å². The van der Waals surface area contributed by atoms with Gasteiger partial charge >= 0.3 is 0 Å². The van der Waals surface area contributed by atoms with Gasteiger partial charge in [-0.3, -0.25) is 4.79 Å². The van der Waals surface area contributed by atoms with Gasteiger partial charge in [-0.1, -0.05) is 29.5 Å². The molecule has 2 fully saturated rings. The molecule has 4 N–H and O–H groups in total. The van der Waals surface area contributed by atoms with Crippen LogP contribution in [0.4, 0.5) is 21.6 Å². The second-order valence-corrected chi connectivity index (χ2v) is 7.69. The maximum absolute atomic E-state index is 14.2. The van der Waals surface area contributed by atoms with Crippen molar-refractivity contribution in [3.05, 3.63) is 53.1 Å². The molecule has 0 bridgehead atoms. The zero-order chi connectivity index (χ0) is 20.2. The van der Waals surface area contributed by atoms with Gasteiger partial charge in [0.15, 0.2) is 5.82 Å². The van der Waals surface area contributed by atoms with Gasteiger partial charge < -0.3 is 16.4 Å². The number of hydrogen-bond donors (Lipinski definition) is 3. The Hall–Kier alpha value is -3.37. The third-order valence-electron chi connectivity index (χ3n) is 5.43.